The molecule has 0 saturated carbocycles. The van der Waals surface area contributed by atoms with Gasteiger partial charge in [0.15, 0.2) is 12.3 Å². The van der Waals surface area contributed by atoms with Gasteiger partial charge in [0.05, 0.1) is 58.8 Å². The molecule has 6 aromatic carbocycles. The van der Waals surface area contributed by atoms with Crippen LogP contribution in [0, 0.1) is 0 Å². The van der Waals surface area contributed by atoms with E-state index >= 15 is 0 Å². The third kappa shape index (κ3) is 14.6. The van der Waals surface area contributed by atoms with E-state index in [1.165, 1.54) is 4.90 Å². The summed E-state index contributed by atoms with van der Waals surface area (Å²) in [4.78, 5) is 52.0. The minimum absolute atomic E-state index is 0.0177. The number of esters is 1. The molecule has 75 heavy (non-hydrogen) atoms. The number of aliphatic hydroxyl groups is 1. The van der Waals surface area contributed by atoms with Crippen molar-refractivity contribution in [1.82, 2.24) is 9.80 Å². The molecule has 0 aliphatic carbocycles. The zero-order chi connectivity index (χ0) is 52.2. The molecule has 18 heteroatoms. The van der Waals surface area contributed by atoms with Crippen molar-refractivity contribution in [2.24, 2.45) is 10.1 Å². The monoisotopic (exact) mass is 1020 g/mol. The fraction of sp³-hybridized carbons (Fsp3) is 0.298. The summed E-state index contributed by atoms with van der Waals surface area (Å²) in [6.45, 7) is -0.651. The first-order chi connectivity index (χ1) is 36.8. The molecule has 0 spiro atoms. The summed E-state index contributed by atoms with van der Waals surface area (Å²) in [6.07, 6.45) is -9.82. The Morgan fingerprint density at radius 1 is 0.613 bits per heavy atom. The Morgan fingerprint density at radius 3 is 1.51 bits per heavy atom. The number of nitrogens with zero attached hydrogens (tertiary/aromatic N) is 6. The first-order valence-electron chi connectivity index (χ1n) is 24.4. The standard InChI is InChI=1S/C57H58N6O12/c1-68-54(65)48(60-61-58)49(64)46-32-62(57(67)74-38-45-30-18-7-19-31-45)55(59-56(66)73-37-44-28-16-6-17-29-44)63(46)53-52(72-36-43-26-14-5-15-27-43)51(71-35-42-24-12-4-13-25-42)50(70-34-41-22-10-3-11-23-41)47(75-53)39-69-33-40-20-8-2-9-21-40/h2-31,46-53,64H,32-39H2,1H3/b59-55+/t46-,47+,48+,49-,50+,51-,52-,53-/m0/s1. The van der Waals surface area contributed by atoms with Crippen LogP contribution in [-0.4, -0.2) is 108 Å². The van der Waals surface area contributed by atoms with E-state index in [4.69, 9.17) is 37.9 Å². The zero-order valence-electron chi connectivity index (χ0n) is 41.2. The Balaban J connectivity index is 1.29. The fourth-order valence-electron chi connectivity index (χ4n) is 8.75. The molecule has 6 aromatic rings. The largest absolute Gasteiger partial charge is 0.469 e. The lowest BCUT2D eigenvalue weighted by atomic mass is 9.94. The lowest BCUT2D eigenvalue weighted by Crippen LogP contribution is -2.68. The van der Waals surface area contributed by atoms with Crippen LogP contribution in [-0.2, 0) is 82.3 Å². The molecule has 2 aliphatic heterocycles. The molecule has 0 unspecified atom stereocenters. The van der Waals surface area contributed by atoms with Gasteiger partial charge in [0.1, 0.15) is 37.6 Å². The van der Waals surface area contributed by atoms with Crippen LogP contribution in [0.5, 0.6) is 0 Å². The SMILES string of the molecule is COC(=O)[C@H](N=[N+]=[N-])[C@@H](O)[C@@H]1CN(C(=O)OCc2ccccc2)/C(=N\C(=O)OCc2ccccc2)N1[C@H]1O[C@H](COCc2ccccc2)[C@@H](OCc2ccccc2)[C@H](OCc2ccccc2)[C@@H]1OCc1ccccc1. The number of guanidine groups is 1. The number of aliphatic imine (C=N–C) groups is 1. The molecule has 0 aromatic heterocycles. The maximum Gasteiger partial charge on any atom is 0.437 e. The number of aliphatic hydroxyl groups excluding tert-OH is 1. The number of methoxy groups -OCH3 is 1. The zero-order valence-corrected chi connectivity index (χ0v) is 41.2. The highest BCUT2D eigenvalue weighted by Crippen LogP contribution is 2.37. The Bertz CT molecular complexity index is 2800. The molecule has 18 nitrogen and oxygen atoms in total. The van der Waals surface area contributed by atoms with Gasteiger partial charge in [0.25, 0.3) is 0 Å². The topological polar surface area (TPSA) is 213 Å². The Hall–Kier alpha value is -7.93. The Kier molecular flexibility index (Phi) is 19.5. The molecule has 8 rings (SSSR count). The molecular formula is C57H58N6O12. The van der Waals surface area contributed by atoms with E-state index in [1.54, 1.807) is 48.5 Å². The molecule has 8 atom stereocenters. The number of hydrogen-bond donors (Lipinski definition) is 1. The summed E-state index contributed by atoms with van der Waals surface area (Å²) in [7, 11) is 1.08. The van der Waals surface area contributed by atoms with Gasteiger partial charge in [-0.05, 0) is 38.9 Å². The molecule has 2 saturated heterocycles. The van der Waals surface area contributed by atoms with Gasteiger partial charge in [0, 0.05) is 4.91 Å². The molecule has 388 valence electrons. The molecule has 0 radical (unpaired) electrons. The average Bonchev–Trinajstić information content (AvgIpc) is 3.85. The van der Waals surface area contributed by atoms with E-state index in [0.29, 0.717) is 11.1 Å². The first-order valence-corrected chi connectivity index (χ1v) is 24.4. The average molecular weight is 1020 g/mol. The third-order valence-corrected chi connectivity index (χ3v) is 12.5. The molecule has 2 amide bonds. The molecule has 2 fully saturated rings. The van der Waals surface area contributed by atoms with E-state index < -0.39 is 79.5 Å². The van der Waals surface area contributed by atoms with Crippen molar-refractivity contribution in [3.63, 3.8) is 0 Å². The fourth-order valence-corrected chi connectivity index (χ4v) is 8.75. The number of carbonyl (C=O) groups excluding carboxylic acids is 3. The second kappa shape index (κ2) is 27.4. The normalized spacial score (nSPS) is 20.6. The summed E-state index contributed by atoms with van der Waals surface area (Å²) >= 11 is 0. The Morgan fingerprint density at radius 2 is 1.04 bits per heavy atom. The Labute approximate surface area is 434 Å². The van der Waals surface area contributed by atoms with Crippen LogP contribution in [0.2, 0.25) is 0 Å². The molecule has 2 heterocycles. The molecule has 1 N–H and O–H groups in total. The summed E-state index contributed by atoms with van der Waals surface area (Å²) in [5.41, 5.74) is 14.4. The van der Waals surface area contributed by atoms with Crippen molar-refractivity contribution in [3.05, 3.63) is 226 Å². The third-order valence-electron chi connectivity index (χ3n) is 12.5. The predicted octanol–water partition coefficient (Wildman–Crippen LogP) is 8.91. The predicted molar refractivity (Wildman–Crippen MR) is 274 cm³/mol. The first kappa shape index (κ1) is 53.4. The quantitative estimate of drug-likeness (QED) is 0.0221. The summed E-state index contributed by atoms with van der Waals surface area (Å²) in [5, 5.41) is 16.2. The van der Waals surface area contributed by atoms with Gasteiger partial charge in [0.2, 0.25) is 5.96 Å². The maximum absolute atomic E-state index is 14.7. The maximum atomic E-state index is 14.7. The van der Waals surface area contributed by atoms with E-state index in [0.717, 1.165) is 34.3 Å². The van der Waals surface area contributed by atoms with Gasteiger partial charge in [-0.25, -0.2) is 14.5 Å². The number of azide groups is 1. The van der Waals surface area contributed by atoms with Crippen LogP contribution >= 0.6 is 0 Å². The summed E-state index contributed by atoms with van der Waals surface area (Å²) in [6, 6.07) is 52.5. The van der Waals surface area contributed by atoms with Crippen molar-refractivity contribution in [2.75, 3.05) is 20.3 Å². The molecular weight excluding hydrogens is 961 g/mol. The van der Waals surface area contributed by atoms with Crippen LogP contribution in [0.4, 0.5) is 9.59 Å². The van der Waals surface area contributed by atoms with Gasteiger partial charge >= 0.3 is 18.2 Å². The van der Waals surface area contributed by atoms with E-state index in [1.807, 2.05) is 133 Å². The van der Waals surface area contributed by atoms with Crippen molar-refractivity contribution >= 4 is 24.1 Å². The van der Waals surface area contributed by atoms with Crippen LogP contribution in [0.25, 0.3) is 10.4 Å². The number of carbonyl (C=O) groups is 3. The van der Waals surface area contributed by atoms with E-state index in [-0.39, 0.29) is 46.2 Å². The number of rotatable bonds is 22. The van der Waals surface area contributed by atoms with Gasteiger partial charge in [-0.2, -0.15) is 0 Å². The minimum atomic E-state index is -1.97. The van der Waals surface area contributed by atoms with E-state index in [9.17, 15) is 25.0 Å². The highest BCUT2D eigenvalue weighted by atomic mass is 16.6. The number of ether oxygens (including phenoxy) is 8. The van der Waals surface area contributed by atoms with Gasteiger partial charge in [-0.15, -0.1) is 4.99 Å². The van der Waals surface area contributed by atoms with Crippen molar-refractivity contribution in [3.8, 4) is 0 Å². The van der Waals surface area contributed by atoms with Gasteiger partial charge in [-0.1, -0.05) is 187 Å². The lowest BCUT2D eigenvalue weighted by molar-refractivity contribution is -0.296. The second-order valence-corrected chi connectivity index (χ2v) is 17.6. The van der Waals surface area contributed by atoms with E-state index in [2.05, 4.69) is 15.0 Å². The second-order valence-electron chi connectivity index (χ2n) is 17.6. The van der Waals surface area contributed by atoms with Crippen LogP contribution in [0.15, 0.2) is 192 Å². The highest BCUT2D eigenvalue weighted by Gasteiger charge is 2.57. The summed E-state index contributed by atoms with van der Waals surface area (Å²) in [5.74, 6) is -1.49. The van der Waals surface area contributed by atoms with Gasteiger partial charge < -0.3 is 47.9 Å². The van der Waals surface area contributed by atoms with Crippen molar-refractivity contribution in [2.45, 2.75) is 88.5 Å². The number of amides is 2. The minimum Gasteiger partial charge on any atom is -0.469 e. The smallest absolute Gasteiger partial charge is 0.437 e. The van der Waals surface area contributed by atoms with Crippen LogP contribution < -0.4 is 0 Å². The van der Waals surface area contributed by atoms with Crippen LogP contribution in [0.3, 0.4) is 0 Å². The molecule has 0 bridgehead atoms. The summed E-state index contributed by atoms with van der Waals surface area (Å²) < 4.78 is 51.2. The van der Waals surface area contributed by atoms with Crippen LogP contribution in [0.1, 0.15) is 33.4 Å². The lowest BCUT2D eigenvalue weighted by Gasteiger charge is -2.50. The van der Waals surface area contributed by atoms with Gasteiger partial charge in [-0.3, -0.25) is 4.79 Å². The number of hydrogen-bond acceptors (Lipinski definition) is 13. The van der Waals surface area contributed by atoms with Crippen molar-refractivity contribution in [1.29, 1.82) is 0 Å². The highest BCUT2D eigenvalue weighted by molar-refractivity contribution is 6.01. The number of benzene rings is 6. The van der Waals surface area contributed by atoms with Crippen molar-refractivity contribution < 1.29 is 57.4 Å². The molecule has 2 aliphatic rings.